The van der Waals surface area contributed by atoms with Crippen LogP contribution in [0.4, 0.5) is 5.82 Å². The maximum Gasteiger partial charge on any atom is 0.293 e. The Hall–Kier alpha value is -1.36. The van der Waals surface area contributed by atoms with Crippen LogP contribution in [0.1, 0.15) is 45.1 Å². The Kier molecular flexibility index (Phi) is 4.05. The van der Waals surface area contributed by atoms with Crippen molar-refractivity contribution in [1.82, 2.24) is 14.9 Å². The average Bonchev–Trinajstić information content (AvgIpc) is 3.19. The quantitative estimate of drug-likeness (QED) is 0.801. The van der Waals surface area contributed by atoms with Gasteiger partial charge < -0.3 is 14.8 Å². The van der Waals surface area contributed by atoms with Crippen LogP contribution < -0.4 is 15.8 Å². The lowest BCUT2D eigenvalue weighted by molar-refractivity contribution is 0.564. The monoisotopic (exact) mass is 276 g/mol. The van der Waals surface area contributed by atoms with Crippen molar-refractivity contribution in [3.8, 4) is 0 Å². The summed E-state index contributed by atoms with van der Waals surface area (Å²) in [6, 6.07) is 0.834. The van der Waals surface area contributed by atoms with E-state index >= 15 is 0 Å². The second kappa shape index (κ2) is 5.95. The van der Waals surface area contributed by atoms with Gasteiger partial charge in [-0.25, -0.2) is 4.98 Å². The number of rotatable bonds is 6. The van der Waals surface area contributed by atoms with E-state index in [0.717, 1.165) is 51.7 Å². The van der Waals surface area contributed by atoms with Gasteiger partial charge in [0.25, 0.3) is 5.56 Å². The maximum atomic E-state index is 12.6. The molecule has 20 heavy (non-hydrogen) atoms. The number of aromatic nitrogens is 2. The van der Waals surface area contributed by atoms with Gasteiger partial charge in [-0.05, 0) is 38.6 Å². The van der Waals surface area contributed by atoms with Gasteiger partial charge in [-0.1, -0.05) is 6.92 Å². The molecular formula is C15H24N4O. The molecule has 5 nitrogen and oxygen atoms in total. The molecule has 1 aliphatic heterocycles. The Morgan fingerprint density at radius 2 is 2.25 bits per heavy atom. The summed E-state index contributed by atoms with van der Waals surface area (Å²) in [4.78, 5) is 19.1. The minimum atomic E-state index is 0.0948. The van der Waals surface area contributed by atoms with E-state index < -0.39 is 0 Å². The van der Waals surface area contributed by atoms with Gasteiger partial charge in [-0.2, -0.15) is 0 Å². The molecule has 1 atom stereocenters. The molecule has 1 unspecified atom stereocenters. The van der Waals surface area contributed by atoms with E-state index in [0.29, 0.717) is 17.9 Å². The van der Waals surface area contributed by atoms with Gasteiger partial charge >= 0.3 is 0 Å². The highest BCUT2D eigenvalue weighted by Gasteiger charge is 2.30. The third kappa shape index (κ3) is 2.73. The lowest BCUT2D eigenvalue weighted by Crippen LogP contribution is -2.42. The zero-order valence-electron chi connectivity index (χ0n) is 12.2. The Bertz CT molecular complexity index is 509. The molecule has 0 radical (unpaired) electrons. The number of nitrogens with zero attached hydrogens (tertiary/aromatic N) is 3. The van der Waals surface area contributed by atoms with E-state index in [1.165, 1.54) is 0 Å². The molecule has 1 aromatic heterocycles. The normalized spacial score (nSPS) is 22.4. The van der Waals surface area contributed by atoms with Crippen molar-refractivity contribution in [2.75, 3.05) is 24.5 Å². The first-order chi connectivity index (χ1) is 9.81. The second-order valence-electron chi connectivity index (χ2n) is 5.89. The topological polar surface area (TPSA) is 50.2 Å². The molecule has 0 amide bonds. The van der Waals surface area contributed by atoms with Crippen LogP contribution in [0, 0.1) is 0 Å². The number of anilines is 1. The highest BCUT2D eigenvalue weighted by molar-refractivity contribution is 5.39. The van der Waals surface area contributed by atoms with Crippen LogP contribution in [0.3, 0.4) is 0 Å². The molecule has 2 fully saturated rings. The average molecular weight is 276 g/mol. The highest BCUT2D eigenvalue weighted by Crippen LogP contribution is 2.33. The highest BCUT2D eigenvalue weighted by atomic mass is 16.1. The van der Waals surface area contributed by atoms with Crippen LogP contribution in [0.25, 0.3) is 0 Å². The summed E-state index contributed by atoms with van der Waals surface area (Å²) in [7, 11) is 0. The van der Waals surface area contributed by atoms with Crippen LogP contribution in [0.5, 0.6) is 0 Å². The Morgan fingerprint density at radius 3 is 3.00 bits per heavy atom. The van der Waals surface area contributed by atoms with Gasteiger partial charge in [-0.15, -0.1) is 0 Å². The van der Waals surface area contributed by atoms with E-state index in [-0.39, 0.29) is 5.56 Å². The Balaban J connectivity index is 1.77. The summed E-state index contributed by atoms with van der Waals surface area (Å²) >= 11 is 0. The molecule has 0 bridgehead atoms. The van der Waals surface area contributed by atoms with E-state index in [9.17, 15) is 4.79 Å². The summed E-state index contributed by atoms with van der Waals surface area (Å²) in [5.41, 5.74) is 0.0948. The lowest BCUT2D eigenvalue weighted by atomic mass is 10.2. The van der Waals surface area contributed by atoms with Crippen LogP contribution in [0.15, 0.2) is 17.2 Å². The summed E-state index contributed by atoms with van der Waals surface area (Å²) < 4.78 is 1.87. The molecule has 1 saturated carbocycles. The van der Waals surface area contributed by atoms with Gasteiger partial charge in [0.15, 0.2) is 5.82 Å². The van der Waals surface area contributed by atoms with Crippen LogP contribution in [0.2, 0.25) is 0 Å². The van der Waals surface area contributed by atoms with E-state index in [1.807, 2.05) is 10.8 Å². The molecule has 1 aliphatic carbocycles. The van der Waals surface area contributed by atoms with Crippen molar-refractivity contribution in [2.24, 2.45) is 0 Å². The molecule has 3 rings (SSSR count). The van der Waals surface area contributed by atoms with Crippen molar-refractivity contribution in [3.63, 3.8) is 0 Å². The standard InChI is InChI=1S/C15H24N4O/c1-2-7-16-11-13-4-3-9-18(13)14-15(20)19(10-8-17-14)12-5-6-12/h8,10,12-13,16H,2-7,9,11H2,1H3. The molecule has 2 heterocycles. The fraction of sp³-hybridized carbons (Fsp3) is 0.733. The minimum Gasteiger partial charge on any atom is -0.348 e. The predicted octanol–water partition coefficient (Wildman–Crippen LogP) is 1.55. The number of nitrogens with one attached hydrogen (secondary N) is 1. The SMILES string of the molecule is CCCNCC1CCCN1c1nccn(C2CC2)c1=O. The molecule has 0 spiro atoms. The first-order valence-corrected chi connectivity index (χ1v) is 7.85. The summed E-state index contributed by atoms with van der Waals surface area (Å²) in [6.07, 6.45) is 9.32. The molecule has 110 valence electrons. The third-order valence-electron chi connectivity index (χ3n) is 4.25. The van der Waals surface area contributed by atoms with Crippen molar-refractivity contribution in [2.45, 2.75) is 51.1 Å². The molecule has 1 N–H and O–H groups in total. The zero-order chi connectivity index (χ0) is 13.9. The van der Waals surface area contributed by atoms with Crippen molar-refractivity contribution >= 4 is 5.82 Å². The Labute approximate surface area is 120 Å². The van der Waals surface area contributed by atoms with E-state index in [1.54, 1.807) is 6.20 Å². The van der Waals surface area contributed by atoms with Crippen molar-refractivity contribution in [1.29, 1.82) is 0 Å². The second-order valence-corrected chi connectivity index (χ2v) is 5.89. The molecule has 0 aromatic carbocycles. The smallest absolute Gasteiger partial charge is 0.293 e. The number of hydrogen-bond donors (Lipinski definition) is 1. The minimum absolute atomic E-state index is 0.0948. The van der Waals surface area contributed by atoms with Gasteiger partial charge in [0.2, 0.25) is 0 Å². The zero-order valence-corrected chi connectivity index (χ0v) is 12.2. The molecule has 1 aromatic rings. The maximum absolute atomic E-state index is 12.6. The first kappa shape index (κ1) is 13.6. The fourth-order valence-electron chi connectivity index (χ4n) is 3.02. The third-order valence-corrected chi connectivity index (χ3v) is 4.25. The molecule has 1 saturated heterocycles. The fourth-order valence-corrected chi connectivity index (χ4v) is 3.02. The lowest BCUT2D eigenvalue weighted by Gasteiger charge is -2.25. The Morgan fingerprint density at radius 1 is 1.40 bits per heavy atom. The van der Waals surface area contributed by atoms with Crippen LogP contribution in [-0.2, 0) is 0 Å². The molecule has 2 aliphatic rings. The molecule has 5 heteroatoms. The van der Waals surface area contributed by atoms with Crippen LogP contribution in [-0.4, -0.2) is 35.2 Å². The van der Waals surface area contributed by atoms with Gasteiger partial charge in [0, 0.05) is 37.6 Å². The van der Waals surface area contributed by atoms with Crippen molar-refractivity contribution in [3.05, 3.63) is 22.7 Å². The van der Waals surface area contributed by atoms with Crippen molar-refractivity contribution < 1.29 is 0 Å². The van der Waals surface area contributed by atoms with Crippen LogP contribution >= 0.6 is 0 Å². The van der Waals surface area contributed by atoms with Gasteiger partial charge in [-0.3, -0.25) is 4.79 Å². The predicted molar refractivity (Wildman–Crippen MR) is 80.3 cm³/mol. The van der Waals surface area contributed by atoms with Gasteiger partial charge in [0.1, 0.15) is 0 Å². The molecular weight excluding hydrogens is 252 g/mol. The van der Waals surface area contributed by atoms with E-state index in [4.69, 9.17) is 0 Å². The summed E-state index contributed by atoms with van der Waals surface area (Å²) in [6.45, 7) is 5.12. The first-order valence-electron chi connectivity index (χ1n) is 7.85. The van der Waals surface area contributed by atoms with Gasteiger partial charge in [0.05, 0.1) is 0 Å². The largest absolute Gasteiger partial charge is 0.348 e. The van der Waals surface area contributed by atoms with E-state index in [2.05, 4.69) is 22.1 Å². The number of hydrogen-bond acceptors (Lipinski definition) is 4. The summed E-state index contributed by atoms with van der Waals surface area (Å²) in [5, 5.41) is 3.47. The summed E-state index contributed by atoms with van der Waals surface area (Å²) in [5.74, 6) is 0.653.